The van der Waals surface area contributed by atoms with Gasteiger partial charge in [-0.1, -0.05) is 11.8 Å². The van der Waals surface area contributed by atoms with E-state index < -0.39 is 5.91 Å². The van der Waals surface area contributed by atoms with Gasteiger partial charge < -0.3 is 4.42 Å². The van der Waals surface area contributed by atoms with Crippen LogP contribution in [0.5, 0.6) is 0 Å². The molecule has 90 valence electrons. The van der Waals surface area contributed by atoms with Gasteiger partial charge in [-0.15, -0.1) is 0 Å². The molecule has 3 amide bonds. The van der Waals surface area contributed by atoms with Crippen LogP contribution in [0.1, 0.15) is 16.1 Å². The zero-order valence-electron chi connectivity index (χ0n) is 8.63. The molecule has 0 unspecified atom stereocenters. The number of nitrogens with two attached hydrogens (primary N) is 1. The van der Waals surface area contributed by atoms with Crippen molar-refractivity contribution in [1.29, 1.82) is 0 Å². The van der Waals surface area contributed by atoms with Crippen LogP contribution in [0.4, 0.5) is 4.79 Å². The average Bonchev–Trinajstić information content (AvgIpc) is 2.90. The molecule has 3 N–H and O–H groups in total. The van der Waals surface area contributed by atoms with Crippen molar-refractivity contribution >= 4 is 28.8 Å². The lowest BCUT2D eigenvalue weighted by atomic mass is 10.2. The fourth-order valence-electron chi connectivity index (χ4n) is 1.42. The zero-order valence-corrected chi connectivity index (χ0v) is 9.45. The first kappa shape index (κ1) is 11.7. The highest BCUT2D eigenvalue weighted by Crippen LogP contribution is 2.22. The van der Waals surface area contributed by atoms with Gasteiger partial charge >= 0.3 is 0 Å². The van der Waals surface area contributed by atoms with Gasteiger partial charge in [0.25, 0.3) is 11.1 Å². The van der Waals surface area contributed by atoms with Crippen molar-refractivity contribution in [3.8, 4) is 0 Å². The second-order valence-corrected chi connectivity index (χ2v) is 4.19. The molecule has 2 heterocycles. The Kier molecular flexibility index (Phi) is 3.16. The summed E-state index contributed by atoms with van der Waals surface area (Å²) in [4.78, 5) is 35.1. The van der Waals surface area contributed by atoms with Gasteiger partial charge in [0.05, 0.1) is 24.1 Å². The van der Waals surface area contributed by atoms with Crippen molar-refractivity contribution in [2.24, 2.45) is 5.84 Å². The van der Waals surface area contributed by atoms with Crippen molar-refractivity contribution in [3.63, 3.8) is 0 Å². The molecule has 2 rings (SSSR count). The van der Waals surface area contributed by atoms with E-state index in [-0.39, 0.29) is 34.8 Å². The summed E-state index contributed by atoms with van der Waals surface area (Å²) in [6.07, 6.45) is 1.30. The first-order valence-corrected chi connectivity index (χ1v) is 5.66. The Bertz CT molecular complexity index is 468. The second-order valence-electron chi connectivity index (χ2n) is 3.27. The predicted octanol–water partition coefficient (Wildman–Crippen LogP) is 0.0785. The number of rotatable bonds is 3. The fraction of sp³-hybridized carbons (Fsp3) is 0.222. The number of imide groups is 1. The predicted molar refractivity (Wildman–Crippen MR) is 58.8 cm³/mol. The number of hydrogen-bond acceptors (Lipinski definition) is 6. The highest BCUT2D eigenvalue weighted by Gasteiger charge is 2.31. The van der Waals surface area contributed by atoms with Crippen molar-refractivity contribution < 1.29 is 18.8 Å². The quantitative estimate of drug-likeness (QED) is 0.450. The third-order valence-electron chi connectivity index (χ3n) is 2.26. The molecule has 0 atom stereocenters. The molecule has 0 saturated carbocycles. The lowest BCUT2D eigenvalue weighted by molar-refractivity contribution is -0.125. The molecule has 0 aromatic carbocycles. The molecule has 0 aliphatic carbocycles. The van der Waals surface area contributed by atoms with E-state index in [1.165, 1.54) is 12.3 Å². The summed E-state index contributed by atoms with van der Waals surface area (Å²) in [6.45, 7) is -0.0551. The Labute approximate surface area is 100 Å². The summed E-state index contributed by atoms with van der Waals surface area (Å²) in [7, 11) is 0. The summed E-state index contributed by atoms with van der Waals surface area (Å²) in [6, 6.07) is 1.43. The van der Waals surface area contributed by atoms with Gasteiger partial charge in [0, 0.05) is 0 Å². The Morgan fingerprint density at radius 2 is 2.35 bits per heavy atom. The van der Waals surface area contributed by atoms with Crippen LogP contribution in [0.3, 0.4) is 0 Å². The van der Waals surface area contributed by atoms with Gasteiger partial charge in [0.15, 0.2) is 0 Å². The number of amides is 3. The largest absolute Gasteiger partial charge is 0.467 e. The summed E-state index contributed by atoms with van der Waals surface area (Å²) < 4.78 is 5.07. The monoisotopic (exact) mass is 255 g/mol. The topological polar surface area (TPSA) is 106 Å². The van der Waals surface area contributed by atoms with Gasteiger partial charge in [-0.2, -0.15) is 0 Å². The average molecular weight is 255 g/mol. The molecule has 1 fully saturated rings. The van der Waals surface area contributed by atoms with Gasteiger partial charge in [-0.25, -0.2) is 5.84 Å². The van der Waals surface area contributed by atoms with E-state index >= 15 is 0 Å². The normalized spacial score (nSPS) is 15.5. The second kappa shape index (κ2) is 4.60. The molecule has 1 aromatic rings. The molecule has 1 saturated heterocycles. The van der Waals surface area contributed by atoms with Crippen LogP contribution >= 0.6 is 11.8 Å². The first-order chi connectivity index (χ1) is 8.13. The SMILES string of the molecule is NNC(=O)c1ccoc1CN1C(=O)CSC1=O. The van der Waals surface area contributed by atoms with Crippen LogP contribution in [-0.2, 0) is 11.3 Å². The molecule has 0 radical (unpaired) electrons. The van der Waals surface area contributed by atoms with Crippen LogP contribution in [-0.4, -0.2) is 27.7 Å². The molecular weight excluding hydrogens is 246 g/mol. The maximum absolute atomic E-state index is 11.4. The number of carbonyl (C=O) groups excluding carboxylic acids is 3. The Morgan fingerprint density at radius 3 is 2.94 bits per heavy atom. The number of carbonyl (C=O) groups is 3. The number of nitrogens with one attached hydrogen (secondary N) is 1. The molecule has 1 aliphatic heterocycles. The number of nitrogens with zero attached hydrogens (tertiary/aromatic N) is 1. The minimum absolute atomic E-state index is 0.0551. The number of thioether (sulfide) groups is 1. The third kappa shape index (κ3) is 2.17. The van der Waals surface area contributed by atoms with Crippen LogP contribution in [0.15, 0.2) is 16.7 Å². The van der Waals surface area contributed by atoms with Crippen LogP contribution in [0, 0.1) is 0 Å². The highest BCUT2D eigenvalue weighted by atomic mass is 32.2. The van der Waals surface area contributed by atoms with E-state index in [2.05, 4.69) is 0 Å². The standard InChI is InChI=1S/C9H9N3O4S/c10-11-8(14)5-1-2-16-6(5)3-12-7(13)4-17-9(12)15/h1-2H,3-4,10H2,(H,11,14). The van der Waals surface area contributed by atoms with E-state index in [0.29, 0.717) is 0 Å². The molecule has 0 bridgehead atoms. The van der Waals surface area contributed by atoms with Crippen LogP contribution in [0.2, 0.25) is 0 Å². The number of nitrogen functional groups attached to an aromatic ring is 1. The highest BCUT2D eigenvalue weighted by molar-refractivity contribution is 8.14. The fourth-order valence-corrected chi connectivity index (χ4v) is 2.15. The van der Waals surface area contributed by atoms with Crippen LogP contribution in [0.25, 0.3) is 0 Å². The minimum Gasteiger partial charge on any atom is -0.467 e. The molecule has 7 nitrogen and oxygen atoms in total. The third-order valence-corrected chi connectivity index (χ3v) is 3.12. The summed E-state index contributed by atoms with van der Waals surface area (Å²) in [5, 5.41) is -0.342. The summed E-state index contributed by atoms with van der Waals surface area (Å²) >= 11 is 0.926. The summed E-state index contributed by atoms with van der Waals surface area (Å²) in [5.74, 6) is 4.54. The van der Waals surface area contributed by atoms with Crippen LogP contribution < -0.4 is 11.3 Å². The van der Waals surface area contributed by atoms with Crippen molar-refractivity contribution in [2.75, 3.05) is 5.75 Å². The smallest absolute Gasteiger partial charge is 0.289 e. The van der Waals surface area contributed by atoms with Gasteiger partial charge in [0.2, 0.25) is 5.91 Å². The molecule has 1 aliphatic rings. The van der Waals surface area contributed by atoms with E-state index in [4.69, 9.17) is 10.3 Å². The van der Waals surface area contributed by atoms with Gasteiger partial charge in [-0.05, 0) is 6.07 Å². The summed E-state index contributed by atoms with van der Waals surface area (Å²) in [5.41, 5.74) is 2.18. The maximum Gasteiger partial charge on any atom is 0.289 e. The van der Waals surface area contributed by atoms with Crippen molar-refractivity contribution in [1.82, 2.24) is 10.3 Å². The molecule has 17 heavy (non-hydrogen) atoms. The van der Waals surface area contributed by atoms with E-state index in [1.807, 2.05) is 5.43 Å². The number of hydrazine groups is 1. The molecule has 0 spiro atoms. The van der Waals surface area contributed by atoms with E-state index in [0.717, 1.165) is 16.7 Å². The Hall–Kier alpha value is -1.80. The lowest BCUT2D eigenvalue weighted by Gasteiger charge is -2.11. The number of hydrogen-bond donors (Lipinski definition) is 2. The van der Waals surface area contributed by atoms with Crippen molar-refractivity contribution in [2.45, 2.75) is 6.54 Å². The molecular formula is C9H9N3O4S. The minimum atomic E-state index is -0.527. The van der Waals surface area contributed by atoms with Gasteiger partial charge in [0.1, 0.15) is 5.76 Å². The lowest BCUT2D eigenvalue weighted by Crippen LogP contribution is -2.32. The number of furan rings is 1. The Balaban J connectivity index is 2.19. The molecule has 1 aromatic heterocycles. The van der Waals surface area contributed by atoms with Crippen molar-refractivity contribution in [3.05, 3.63) is 23.7 Å². The Morgan fingerprint density at radius 1 is 1.59 bits per heavy atom. The van der Waals surface area contributed by atoms with Gasteiger partial charge in [-0.3, -0.25) is 24.7 Å². The first-order valence-electron chi connectivity index (χ1n) is 4.68. The molecule has 8 heteroatoms. The van der Waals surface area contributed by atoms with E-state index in [9.17, 15) is 14.4 Å². The zero-order chi connectivity index (χ0) is 12.4. The maximum atomic E-state index is 11.4. The van der Waals surface area contributed by atoms with E-state index in [1.54, 1.807) is 0 Å².